The van der Waals surface area contributed by atoms with Crippen molar-refractivity contribution in [3.05, 3.63) is 7.43 Å². The Morgan fingerprint density at radius 1 is 1.33 bits per heavy atom. The summed E-state index contributed by atoms with van der Waals surface area (Å²) >= 11 is 0. The summed E-state index contributed by atoms with van der Waals surface area (Å²) in [5, 5.41) is 0. The fourth-order valence-electron chi connectivity index (χ4n) is 0. The molecular weight excluding hydrogens is 97.9 g/mol. The second kappa shape index (κ2) is 9.15. The first-order valence-electron chi connectivity index (χ1n) is 0.583. The van der Waals surface area contributed by atoms with Crippen LogP contribution in [-0.4, -0.2) is 9.79 Å². The van der Waals surface area contributed by atoms with E-state index in [1.165, 1.54) is 0 Å². The zero-order valence-electron chi connectivity index (χ0n) is 3.75. The summed E-state index contributed by atoms with van der Waals surface area (Å²) in [6.07, 6.45) is 0. The van der Waals surface area contributed by atoms with Gasteiger partial charge in [0, 0.05) is 4.57 Å². The summed E-state index contributed by atoms with van der Waals surface area (Å²) in [4.78, 5) is 14.2. The van der Waals surface area contributed by atoms with E-state index in [0.29, 0.717) is 0 Å². The van der Waals surface area contributed by atoms with Gasteiger partial charge in [-0.2, -0.15) is 0 Å². The van der Waals surface area contributed by atoms with Crippen LogP contribution >= 0.6 is 8.25 Å². The molecule has 0 heterocycles. The molecule has 0 amide bonds. The van der Waals surface area contributed by atoms with Crippen LogP contribution < -0.4 is 18.9 Å². The predicted molar refractivity (Wildman–Crippen MR) is 18.5 cm³/mol. The van der Waals surface area contributed by atoms with Crippen molar-refractivity contribution in [2.75, 3.05) is 0 Å². The van der Waals surface area contributed by atoms with E-state index in [2.05, 4.69) is 0 Å². The van der Waals surface area contributed by atoms with Crippen molar-refractivity contribution in [3.63, 3.8) is 0 Å². The maximum absolute atomic E-state index is 8.70. The quantitative estimate of drug-likeness (QED) is 0.196. The molecule has 0 spiro atoms. The molecule has 0 aliphatic heterocycles. The topological polar surface area (TPSA) is 57.5 Å². The molecule has 2 N–H and O–H groups in total. The molecule has 0 atom stereocenters. The van der Waals surface area contributed by atoms with Crippen molar-refractivity contribution in [3.8, 4) is 0 Å². The van der Waals surface area contributed by atoms with Gasteiger partial charge in [0.1, 0.15) is 0 Å². The fourth-order valence-corrected chi connectivity index (χ4v) is 0. The average Bonchev–Trinajstić information content (AvgIpc) is 0.811. The van der Waals surface area contributed by atoms with Crippen molar-refractivity contribution in [1.82, 2.24) is 0 Å². The van der Waals surface area contributed by atoms with Crippen LogP contribution in [0.4, 0.5) is 0 Å². The molecule has 0 saturated heterocycles. The van der Waals surface area contributed by atoms with Gasteiger partial charge in [-0.25, -0.2) is 0 Å². The summed E-state index contributed by atoms with van der Waals surface area (Å²) in [6.45, 7) is 0. The Hall–Kier alpha value is 0.617. The van der Waals surface area contributed by atoms with E-state index in [4.69, 9.17) is 14.4 Å². The van der Waals surface area contributed by atoms with Gasteiger partial charge in [0.05, 0.1) is 0 Å². The standard InChI is InChI=1S/CH3.Li.HO3P/c;;1-4(2)3/h1H3;;(H-,1,2,3)/q-1;+1;/p+1. The molecule has 0 bridgehead atoms. The van der Waals surface area contributed by atoms with E-state index >= 15 is 0 Å². The minimum Gasteiger partial charge on any atom is -0.358 e. The van der Waals surface area contributed by atoms with Crippen LogP contribution in [0.5, 0.6) is 0 Å². The third kappa shape index (κ3) is 159. The Balaban J connectivity index is -0.0000000450. The predicted octanol–water partition coefficient (Wildman–Crippen LogP) is -2.92. The average molecular weight is 103 g/mol. The normalized spacial score (nSPS) is 4.33. The first kappa shape index (κ1) is 16.0. The van der Waals surface area contributed by atoms with Crippen molar-refractivity contribution >= 4 is 8.25 Å². The number of hydrogen-bond donors (Lipinski definition) is 2. The molecule has 5 heteroatoms. The molecule has 0 rings (SSSR count). The minimum atomic E-state index is -2.87. The SMILES string of the molecule is O=[P+](O)O.[CH3-].[Li+]. The van der Waals surface area contributed by atoms with Crippen molar-refractivity contribution in [2.45, 2.75) is 0 Å². The van der Waals surface area contributed by atoms with E-state index in [0.717, 1.165) is 0 Å². The van der Waals surface area contributed by atoms with Gasteiger partial charge >= 0.3 is 27.1 Å². The van der Waals surface area contributed by atoms with Crippen LogP contribution in [0.2, 0.25) is 0 Å². The van der Waals surface area contributed by atoms with Gasteiger partial charge in [0.25, 0.3) is 0 Å². The van der Waals surface area contributed by atoms with Crippen LogP contribution in [0.3, 0.4) is 0 Å². The largest absolute Gasteiger partial charge is 1.00 e. The van der Waals surface area contributed by atoms with Crippen LogP contribution in [0.25, 0.3) is 0 Å². The molecule has 0 aliphatic rings. The first-order chi connectivity index (χ1) is 1.73. The van der Waals surface area contributed by atoms with Crippen LogP contribution in [-0.2, 0) is 4.57 Å². The first-order valence-corrected chi connectivity index (χ1v) is 1.75. The molecular formula is CH5LiO3P+. The van der Waals surface area contributed by atoms with Gasteiger partial charge < -0.3 is 7.43 Å². The van der Waals surface area contributed by atoms with Gasteiger partial charge in [0.15, 0.2) is 0 Å². The number of hydrogen-bond acceptors (Lipinski definition) is 1. The van der Waals surface area contributed by atoms with Gasteiger partial charge in [-0.05, 0) is 0 Å². The summed E-state index contributed by atoms with van der Waals surface area (Å²) in [5.41, 5.74) is 0. The van der Waals surface area contributed by atoms with Crippen molar-refractivity contribution < 1.29 is 33.2 Å². The maximum Gasteiger partial charge on any atom is 1.00 e. The second-order valence-electron chi connectivity index (χ2n) is 0.253. The van der Waals surface area contributed by atoms with Crippen LogP contribution in [0.1, 0.15) is 0 Å². The van der Waals surface area contributed by atoms with Gasteiger partial charge in [-0.15, -0.1) is 9.79 Å². The smallest absolute Gasteiger partial charge is 0.358 e. The van der Waals surface area contributed by atoms with E-state index < -0.39 is 8.25 Å². The van der Waals surface area contributed by atoms with Crippen LogP contribution in [0, 0.1) is 7.43 Å². The van der Waals surface area contributed by atoms with Gasteiger partial charge in [-0.1, -0.05) is 0 Å². The van der Waals surface area contributed by atoms with Gasteiger partial charge in [-0.3, -0.25) is 0 Å². The van der Waals surface area contributed by atoms with Gasteiger partial charge in [0.2, 0.25) is 0 Å². The third-order valence-corrected chi connectivity index (χ3v) is 0. The maximum atomic E-state index is 8.70. The fraction of sp³-hybridized carbons (Fsp3) is 0. The Labute approximate surface area is 49.5 Å². The van der Waals surface area contributed by atoms with E-state index in [9.17, 15) is 0 Å². The second-order valence-corrected chi connectivity index (χ2v) is 0.758. The summed E-state index contributed by atoms with van der Waals surface area (Å²) in [6, 6.07) is 0. The summed E-state index contributed by atoms with van der Waals surface area (Å²) < 4.78 is 8.70. The monoisotopic (exact) mass is 103 g/mol. The molecule has 0 saturated carbocycles. The Morgan fingerprint density at radius 3 is 1.33 bits per heavy atom. The van der Waals surface area contributed by atoms with E-state index in [1.807, 2.05) is 0 Å². The van der Waals surface area contributed by atoms with Crippen LogP contribution in [0.15, 0.2) is 0 Å². The van der Waals surface area contributed by atoms with E-state index in [1.54, 1.807) is 0 Å². The summed E-state index contributed by atoms with van der Waals surface area (Å²) in [5.74, 6) is 0. The molecule has 0 aromatic rings. The van der Waals surface area contributed by atoms with Crippen molar-refractivity contribution in [2.24, 2.45) is 0 Å². The molecule has 0 unspecified atom stereocenters. The Kier molecular flexibility index (Phi) is 24.3. The Bertz CT molecular complexity index is 33.8. The zero-order valence-corrected chi connectivity index (χ0v) is 4.64. The molecule has 6 heavy (non-hydrogen) atoms. The van der Waals surface area contributed by atoms with E-state index in [-0.39, 0.29) is 26.3 Å². The van der Waals surface area contributed by atoms with Crippen molar-refractivity contribution in [1.29, 1.82) is 0 Å². The molecule has 3 nitrogen and oxygen atoms in total. The summed E-state index contributed by atoms with van der Waals surface area (Å²) in [7, 11) is -2.87. The Morgan fingerprint density at radius 2 is 1.33 bits per heavy atom. The third-order valence-electron chi connectivity index (χ3n) is 0. The molecule has 0 aromatic heterocycles. The molecule has 0 aliphatic carbocycles. The number of rotatable bonds is 0. The minimum absolute atomic E-state index is 0. The zero-order chi connectivity index (χ0) is 3.58. The molecule has 32 valence electrons. The molecule has 0 radical (unpaired) electrons. The molecule has 0 aromatic carbocycles. The molecule has 0 fully saturated rings.